The molecule has 0 aliphatic heterocycles. The maximum absolute atomic E-state index is 12.8. The van der Waals surface area contributed by atoms with Gasteiger partial charge in [-0.25, -0.2) is 4.39 Å². The Morgan fingerprint density at radius 3 is 2.73 bits per heavy atom. The van der Waals surface area contributed by atoms with Gasteiger partial charge in [-0.3, -0.25) is 4.79 Å². The van der Waals surface area contributed by atoms with E-state index in [4.69, 9.17) is 0 Å². The fourth-order valence-corrected chi connectivity index (χ4v) is 2.87. The normalized spacial score (nSPS) is 17.2. The number of halogens is 1. The monoisotopic (exact) mass is 295 g/mol. The molecule has 0 saturated carbocycles. The van der Waals surface area contributed by atoms with Crippen molar-refractivity contribution in [3.63, 3.8) is 0 Å². The Hall–Kier alpha value is -2.42. The van der Waals surface area contributed by atoms with Crippen LogP contribution in [0, 0.1) is 5.82 Å². The number of amides is 1. The van der Waals surface area contributed by atoms with Crippen LogP contribution in [0.1, 0.15) is 35.6 Å². The summed E-state index contributed by atoms with van der Waals surface area (Å²) in [6, 6.07) is 14.4. The van der Waals surface area contributed by atoms with Gasteiger partial charge >= 0.3 is 0 Å². The molecular formula is C19H18FNO. The Morgan fingerprint density at radius 2 is 1.91 bits per heavy atom. The Bertz CT molecular complexity index is 691. The zero-order valence-corrected chi connectivity index (χ0v) is 12.3. The highest BCUT2D eigenvalue weighted by Crippen LogP contribution is 2.29. The topological polar surface area (TPSA) is 29.1 Å². The Balaban J connectivity index is 1.66. The van der Waals surface area contributed by atoms with Gasteiger partial charge in [0.15, 0.2) is 0 Å². The summed E-state index contributed by atoms with van der Waals surface area (Å²) < 4.78 is 12.8. The number of nitrogens with one attached hydrogen (secondary N) is 1. The molecule has 1 atom stereocenters. The van der Waals surface area contributed by atoms with Gasteiger partial charge in [0.1, 0.15) is 5.82 Å². The molecule has 0 heterocycles. The first kappa shape index (κ1) is 14.5. The molecule has 3 heteroatoms. The minimum Gasteiger partial charge on any atom is -0.346 e. The molecule has 2 nitrogen and oxygen atoms in total. The molecule has 0 bridgehead atoms. The van der Waals surface area contributed by atoms with Crippen LogP contribution in [0.3, 0.4) is 0 Å². The third kappa shape index (κ3) is 3.42. The van der Waals surface area contributed by atoms with Crippen LogP contribution < -0.4 is 5.32 Å². The van der Waals surface area contributed by atoms with Gasteiger partial charge in [0.25, 0.3) is 0 Å². The van der Waals surface area contributed by atoms with Gasteiger partial charge in [0, 0.05) is 6.08 Å². The largest absolute Gasteiger partial charge is 0.346 e. The van der Waals surface area contributed by atoms with Crippen LogP contribution in [-0.2, 0) is 11.2 Å². The molecule has 1 aliphatic carbocycles. The van der Waals surface area contributed by atoms with Crippen LogP contribution in [0.2, 0.25) is 0 Å². The molecule has 1 N–H and O–H groups in total. The van der Waals surface area contributed by atoms with Gasteiger partial charge in [0.05, 0.1) is 6.04 Å². The fraction of sp³-hybridized carbons (Fsp3) is 0.211. The molecule has 2 aromatic carbocycles. The second kappa shape index (κ2) is 6.56. The number of rotatable bonds is 3. The lowest BCUT2D eigenvalue weighted by molar-refractivity contribution is -0.117. The first-order chi connectivity index (χ1) is 10.7. The van der Waals surface area contributed by atoms with Crippen molar-refractivity contribution in [1.82, 2.24) is 5.32 Å². The maximum atomic E-state index is 12.8. The molecule has 0 aromatic heterocycles. The maximum Gasteiger partial charge on any atom is 0.244 e. The SMILES string of the molecule is O=C(/C=C/c1ccc(F)cc1)NC1CCCc2ccccc21. The third-order valence-electron chi connectivity index (χ3n) is 3.98. The zero-order valence-electron chi connectivity index (χ0n) is 12.3. The van der Waals surface area contributed by atoms with E-state index in [1.165, 1.54) is 29.3 Å². The van der Waals surface area contributed by atoms with Crippen LogP contribution >= 0.6 is 0 Å². The van der Waals surface area contributed by atoms with Crippen molar-refractivity contribution in [2.75, 3.05) is 0 Å². The Morgan fingerprint density at radius 1 is 1.14 bits per heavy atom. The average molecular weight is 295 g/mol. The van der Waals surface area contributed by atoms with Gasteiger partial charge in [0.2, 0.25) is 5.91 Å². The molecule has 1 unspecified atom stereocenters. The van der Waals surface area contributed by atoms with Crippen molar-refractivity contribution in [2.45, 2.75) is 25.3 Å². The summed E-state index contributed by atoms with van der Waals surface area (Å²) in [6.45, 7) is 0. The second-order valence-corrected chi connectivity index (χ2v) is 5.54. The molecular weight excluding hydrogens is 277 g/mol. The summed E-state index contributed by atoms with van der Waals surface area (Å²) in [6.07, 6.45) is 6.33. The summed E-state index contributed by atoms with van der Waals surface area (Å²) in [7, 11) is 0. The van der Waals surface area contributed by atoms with Gasteiger partial charge in [-0.2, -0.15) is 0 Å². The predicted octanol–water partition coefficient (Wildman–Crippen LogP) is 4.03. The molecule has 112 valence electrons. The fourth-order valence-electron chi connectivity index (χ4n) is 2.87. The Kier molecular flexibility index (Phi) is 4.33. The predicted molar refractivity (Wildman–Crippen MR) is 85.7 cm³/mol. The van der Waals surface area contributed by atoms with E-state index in [2.05, 4.69) is 17.4 Å². The van der Waals surface area contributed by atoms with Crippen molar-refractivity contribution in [2.24, 2.45) is 0 Å². The minimum atomic E-state index is -0.277. The Labute approximate surface area is 129 Å². The summed E-state index contributed by atoms with van der Waals surface area (Å²) in [4.78, 5) is 12.1. The highest BCUT2D eigenvalue weighted by molar-refractivity contribution is 5.92. The molecule has 2 aromatic rings. The number of carbonyl (C=O) groups is 1. The molecule has 0 saturated heterocycles. The summed E-state index contributed by atoms with van der Waals surface area (Å²) in [5.41, 5.74) is 3.35. The molecule has 22 heavy (non-hydrogen) atoms. The van der Waals surface area contributed by atoms with Crippen molar-refractivity contribution < 1.29 is 9.18 Å². The number of hydrogen-bond donors (Lipinski definition) is 1. The molecule has 0 spiro atoms. The van der Waals surface area contributed by atoms with Crippen molar-refractivity contribution in [3.05, 3.63) is 77.1 Å². The van der Waals surface area contributed by atoms with E-state index in [1.54, 1.807) is 18.2 Å². The van der Waals surface area contributed by atoms with Crippen molar-refractivity contribution >= 4 is 12.0 Å². The van der Waals surface area contributed by atoms with Crippen LogP contribution in [-0.4, -0.2) is 5.91 Å². The number of fused-ring (bicyclic) bond motifs is 1. The summed E-state index contributed by atoms with van der Waals surface area (Å²) in [5, 5.41) is 3.06. The van der Waals surface area contributed by atoms with Gasteiger partial charge in [-0.1, -0.05) is 36.4 Å². The van der Waals surface area contributed by atoms with Gasteiger partial charge in [-0.15, -0.1) is 0 Å². The van der Waals surface area contributed by atoms with E-state index >= 15 is 0 Å². The molecule has 3 rings (SSSR count). The first-order valence-electron chi connectivity index (χ1n) is 7.54. The molecule has 1 amide bonds. The lowest BCUT2D eigenvalue weighted by atomic mass is 9.88. The van der Waals surface area contributed by atoms with Gasteiger partial charge < -0.3 is 5.32 Å². The first-order valence-corrected chi connectivity index (χ1v) is 7.54. The van der Waals surface area contributed by atoms with Gasteiger partial charge in [-0.05, 0) is 54.2 Å². The molecule has 0 radical (unpaired) electrons. The lowest BCUT2D eigenvalue weighted by Crippen LogP contribution is -2.29. The minimum absolute atomic E-state index is 0.0790. The quantitative estimate of drug-likeness (QED) is 0.851. The van der Waals surface area contributed by atoms with Crippen LogP contribution in [0.4, 0.5) is 4.39 Å². The van der Waals surface area contributed by atoms with Crippen LogP contribution in [0.5, 0.6) is 0 Å². The lowest BCUT2D eigenvalue weighted by Gasteiger charge is -2.25. The van der Waals surface area contributed by atoms with E-state index in [0.717, 1.165) is 24.8 Å². The van der Waals surface area contributed by atoms with E-state index in [9.17, 15) is 9.18 Å². The highest BCUT2D eigenvalue weighted by Gasteiger charge is 2.20. The zero-order chi connectivity index (χ0) is 15.4. The van der Waals surface area contributed by atoms with E-state index < -0.39 is 0 Å². The summed E-state index contributed by atoms with van der Waals surface area (Å²) in [5.74, 6) is -0.397. The number of hydrogen-bond acceptors (Lipinski definition) is 1. The van der Waals surface area contributed by atoms with E-state index in [-0.39, 0.29) is 17.8 Å². The highest BCUT2D eigenvalue weighted by atomic mass is 19.1. The van der Waals surface area contributed by atoms with E-state index in [0.29, 0.717) is 0 Å². The number of aryl methyl sites for hydroxylation is 1. The second-order valence-electron chi connectivity index (χ2n) is 5.54. The van der Waals surface area contributed by atoms with Crippen molar-refractivity contribution in [3.8, 4) is 0 Å². The summed E-state index contributed by atoms with van der Waals surface area (Å²) >= 11 is 0. The van der Waals surface area contributed by atoms with E-state index in [1.807, 2.05) is 12.1 Å². The molecule has 0 fully saturated rings. The average Bonchev–Trinajstić information content (AvgIpc) is 2.55. The van der Waals surface area contributed by atoms with Crippen LogP contribution in [0.25, 0.3) is 6.08 Å². The third-order valence-corrected chi connectivity index (χ3v) is 3.98. The standard InChI is InChI=1S/C19H18FNO/c20-16-11-8-14(9-12-16)10-13-19(22)21-18-7-3-5-15-4-1-2-6-17(15)18/h1-2,4,6,8-13,18H,3,5,7H2,(H,21,22)/b13-10+. The van der Waals surface area contributed by atoms with Crippen LogP contribution in [0.15, 0.2) is 54.6 Å². The smallest absolute Gasteiger partial charge is 0.244 e. The number of carbonyl (C=O) groups excluding carboxylic acids is 1. The number of benzene rings is 2. The van der Waals surface area contributed by atoms with Crippen molar-refractivity contribution in [1.29, 1.82) is 0 Å². The molecule has 1 aliphatic rings.